The summed E-state index contributed by atoms with van der Waals surface area (Å²) in [6.07, 6.45) is 6.60. The van der Waals surface area contributed by atoms with Crippen LogP contribution in [0.25, 0.3) is 0 Å². The number of halogens is 1. The SMILES string of the molecule is CC(CNC(=O)CCC1CCNC1)Cn1cccn1.Cl. The lowest BCUT2D eigenvalue weighted by molar-refractivity contribution is -0.121. The van der Waals surface area contributed by atoms with Gasteiger partial charge in [0.05, 0.1) is 0 Å². The Morgan fingerprint density at radius 1 is 1.60 bits per heavy atom. The number of nitrogens with one attached hydrogen (secondary N) is 2. The average molecular weight is 301 g/mol. The molecular formula is C14H25ClN4O. The van der Waals surface area contributed by atoms with E-state index in [0.717, 1.165) is 32.6 Å². The molecule has 2 N–H and O–H groups in total. The summed E-state index contributed by atoms with van der Waals surface area (Å²) < 4.78 is 1.90. The van der Waals surface area contributed by atoms with E-state index in [1.165, 1.54) is 6.42 Å². The molecule has 20 heavy (non-hydrogen) atoms. The van der Waals surface area contributed by atoms with Gasteiger partial charge in [0, 0.05) is 31.9 Å². The molecule has 2 rings (SSSR count). The predicted octanol–water partition coefficient (Wildman–Crippen LogP) is 1.45. The molecule has 0 radical (unpaired) electrons. The quantitative estimate of drug-likeness (QED) is 0.801. The molecule has 2 heterocycles. The van der Waals surface area contributed by atoms with Crippen molar-refractivity contribution in [1.29, 1.82) is 0 Å². The summed E-state index contributed by atoms with van der Waals surface area (Å²) in [5.74, 6) is 1.27. The van der Waals surface area contributed by atoms with Gasteiger partial charge in [0.15, 0.2) is 0 Å². The minimum atomic E-state index is 0. The first-order chi connectivity index (χ1) is 9.24. The second-order valence-corrected chi connectivity index (χ2v) is 5.53. The number of carbonyl (C=O) groups is 1. The van der Waals surface area contributed by atoms with Crippen LogP contribution in [0.5, 0.6) is 0 Å². The standard InChI is InChI=1S/C14H24N4O.ClH/c1-12(11-18-8-2-6-17-18)9-16-14(19)4-3-13-5-7-15-10-13;/h2,6,8,12-13,15H,3-5,7,9-11H2,1H3,(H,16,19);1H. The fraction of sp³-hybridized carbons (Fsp3) is 0.714. The molecule has 1 aliphatic rings. The zero-order valence-electron chi connectivity index (χ0n) is 12.0. The van der Waals surface area contributed by atoms with Crippen LogP contribution in [0.3, 0.4) is 0 Å². The van der Waals surface area contributed by atoms with Gasteiger partial charge in [0.2, 0.25) is 5.91 Å². The van der Waals surface area contributed by atoms with Crippen LogP contribution in [0, 0.1) is 11.8 Å². The molecule has 2 unspecified atom stereocenters. The summed E-state index contributed by atoms with van der Waals surface area (Å²) in [7, 11) is 0. The van der Waals surface area contributed by atoms with Crippen molar-refractivity contribution in [2.24, 2.45) is 11.8 Å². The fourth-order valence-electron chi connectivity index (χ4n) is 2.46. The maximum atomic E-state index is 11.8. The topological polar surface area (TPSA) is 59.0 Å². The van der Waals surface area contributed by atoms with Crippen molar-refractivity contribution >= 4 is 18.3 Å². The number of rotatable bonds is 7. The average Bonchev–Trinajstić information content (AvgIpc) is 3.06. The summed E-state index contributed by atoms with van der Waals surface area (Å²) >= 11 is 0. The van der Waals surface area contributed by atoms with E-state index in [1.807, 2.05) is 16.9 Å². The second kappa shape index (κ2) is 8.97. The number of carbonyl (C=O) groups excluding carboxylic acids is 1. The maximum absolute atomic E-state index is 11.8. The van der Waals surface area contributed by atoms with Crippen LogP contribution in [0.1, 0.15) is 26.2 Å². The highest BCUT2D eigenvalue weighted by molar-refractivity contribution is 5.85. The lowest BCUT2D eigenvalue weighted by Gasteiger charge is -2.13. The number of hydrogen-bond donors (Lipinski definition) is 2. The Morgan fingerprint density at radius 2 is 2.45 bits per heavy atom. The van der Waals surface area contributed by atoms with Crippen molar-refractivity contribution in [2.45, 2.75) is 32.7 Å². The smallest absolute Gasteiger partial charge is 0.220 e. The van der Waals surface area contributed by atoms with Crippen LogP contribution in [-0.2, 0) is 11.3 Å². The lowest BCUT2D eigenvalue weighted by Crippen LogP contribution is -2.30. The Bertz CT molecular complexity index is 377. The minimum Gasteiger partial charge on any atom is -0.356 e. The van der Waals surface area contributed by atoms with Gasteiger partial charge in [-0.15, -0.1) is 12.4 Å². The number of nitrogens with zero attached hydrogens (tertiary/aromatic N) is 2. The highest BCUT2D eigenvalue weighted by Gasteiger charge is 2.15. The first-order valence-corrected chi connectivity index (χ1v) is 7.19. The van der Waals surface area contributed by atoms with Gasteiger partial charge in [-0.1, -0.05) is 6.92 Å². The van der Waals surface area contributed by atoms with E-state index in [0.29, 0.717) is 18.3 Å². The van der Waals surface area contributed by atoms with Gasteiger partial charge in [0.1, 0.15) is 0 Å². The van der Waals surface area contributed by atoms with Crippen molar-refractivity contribution < 1.29 is 4.79 Å². The Morgan fingerprint density at radius 3 is 3.10 bits per heavy atom. The zero-order valence-corrected chi connectivity index (χ0v) is 12.9. The normalized spacial score (nSPS) is 19.4. The Kier molecular flexibility index (Phi) is 7.62. The molecule has 1 fully saturated rings. The van der Waals surface area contributed by atoms with Crippen LogP contribution in [0.2, 0.25) is 0 Å². The van der Waals surface area contributed by atoms with Crippen LogP contribution in [0.4, 0.5) is 0 Å². The molecule has 5 nitrogen and oxygen atoms in total. The van der Waals surface area contributed by atoms with E-state index in [9.17, 15) is 4.79 Å². The molecule has 1 saturated heterocycles. The van der Waals surface area contributed by atoms with Gasteiger partial charge >= 0.3 is 0 Å². The number of hydrogen-bond acceptors (Lipinski definition) is 3. The summed E-state index contributed by atoms with van der Waals surface area (Å²) in [5.41, 5.74) is 0. The Hall–Kier alpha value is -1.07. The molecule has 114 valence electrons. The Labute approximate surface area is 126 Å². The highest BCUT2D eigenvalue weighted by atomic mass is 35.5. The molecule has 6 heteroatoms. The third kappa shape index (κ3) is 5.92. The number of aromatic nitrogens is 2. The van der Waals surface area contributed by atoms with Crippen molar-refractivity contribution in [2.75, 3.05) is 19.6 Å². The van der Waals surface area contributed by atoms with Crippen LogP contribution in [0.15, 0.2) is 18.5 Å². The monoisotopic (exact) mass is 300 g/mol. The Balaban J connectivity index is 0.00000200. The van der Waals surface area contributed by atoms with E-state index >= 15 is 0 Å². The lowest BCUT2D eigenvalue weighted by atomic mass is 10.0. The predicted molar refractivity (Wildman–Crippen MR) is 81.9 cm³/mol. The fourth-order valence-corrected chi connectivity index (χ4v) is 2.46. The zero-order chi connectivity index (χ0) is 13.5. The van der Waals surface area contributed by atoms with Gasteiger partial charge < -0.3 is 10.6 Å². The van der Waals surface area contributed by atoms with Gasteiger partial charge in [-0.2, -0.15) is 5.10 Å². The summed E-state index contributed by atoms with van der Waals surface area (Å²) in [6.45, 7) is 5.88. The van der Waals surface area contributed by atoms with E-state index in [2.05, 4.69) is 22.7 Å². The molecule has 0 saturated carbocycles. The molecule has 0 bridgehead atoms. The molecule has 2 atom stereocenters. The van der Waals surface area contributed by atoms with E-state index in [4.69, 9.17) is 0 Å². The summed E-state index contributed by atoms with van der Waals surface area (Å²) in [4.78, 5) is 11.8. The largest absolute Gasteiger partial charge is 0.356 e. The van der Waals surface area contributed by atoms with Crippen molar-refractivity contribution in [3.63, 3.8) is 0 Å². The highest BCUT2D eigenvalue weighted by Crippen LogP contribution is 2.13. The molecule has 1 amide bonds. The van der Waals surface area contributed by atoms with E-state index in [1.54, 1.807) is 6.20 Å². The van der Waals surface area contributed by atoms with Crippen LogP contribution < -0.4 is 10.6 Å². The van der Waals surface area contributed by atoms with Crippen LogP contribution >= 0.6 is 12.4 Å². The van der Waals surface area contributed by atoms with E-state index < -0.39 is 0 Å². The van der Waals surface area contributed by atoms with Gasteiger partial charge in [0.25, 0.3) is 0 Å². The maximum Gasteiger partial charge on any atom is 0.220 e. The van der Waals surface area contributed by atoms with Crippen molar-refractivity contribution in [3.8, 4) is 0 Å². The molecule has 1 aromatic heterocycles. The molecular weight excluding hydrogens is 276 g/mol. The van der Waals surface area contributed by atoms with Gasteiger partial charge in [-0.05, 0) is 43.8 Å². The summed E-state index contributed by atoms with van der Waals surface area (Å²) in [5, 5.41) is 10.5. The van der Waals surface area contributed by atoms with Gasteiger partial charge in [-0.3, -0.25) is 9.48 Å². The second-order valence-electron chi connectivity index (χ2n) is 5.53. The molecule has 1 aliphatic heterocycles. The third-order valence-corrected chi connectivity index (χ3v) is 3.65. The summed E-state index contributed by atoms with van der Waals surface area (Å²) in [6, 6.07) is 1.92. The molecule has 0 aliphatic carbocycles. The van der Waals surface area contributed by atoms with Crippen molar-refractivity contribution in [3.05, 3.63) is 18.5 Å². The van der Waals surface area contributed by atoms with Gasteiger partial charge in [-0.25, -0.2) is 0 Å². The van der Waals surface area contributed by atoms with Crippen LogP contribution in [-0.4, -0.2) is 35.3 Å². The molecule has 1 aromatic rings. The minimum absolute atomic E-state index is 0. The first-order valence-electron chi connectivity index (χ1n) is 7.19. The first kappa shape index (κ1) is 17.0. The van der Waals surface area contributed by atoms with E-state index in [-0.39, 0.29) is 18.3 Å². The molecule has 0 aromatic carbocycles. The van der Waals surface area contributed by atoms with Crippen molar-refractivity contribution in [1.82, 2.24) is 20.4 Å². The molecule has 0 spiro atoms. The number of amides is 1. The third-order valence-electron chi connectivity index (χ3n) is 3.65.